The van der Waals surface area contributed by atoms with Gasteiger partial charge in [-0.05, 0) is 63.1 Å². The van der Waals surface area contributed by atoms with Crippen molar-refractivity contribution in [2.75, 3.05) is 19.6 Å². The Labute approximate surface area is 205 Å². The molecule has 6 nitrogen and oxygen atoms in total. The zero-order valence-corrected chi connectivity index (χ0v) is 20.5. The summed E-state index contributed by atoms with van der Waals surface area (Å²) < 4.78 is 1.71. The largest absolute Gasteiger partial charge is 0.337 e. The van der Waals surface area contributed by atoms with E-state index < -0.39 is 0 Å². The van der Waals surface area contributed by atoms with Gasteiger partial charge in [-0.2, -0.15) is 0 Å². The van der Waals surface area contributed by atoms with Crippen LogP contribution in [0.25, 0.3) is 16.6 Å². The molecule has 2 atom stereocenters. The number of carbonyl (C=O) groups excluding carboxylic acids is 1. The number of piperazine rings is 1. The summed E-state index contributed by atoms with van der Waals surface area (Å²) in [6, 6.07) is 14.8. The van der Waals surface area contributed by atoms with E-state index >= 15 is 0 Å². The van der Waals surface area contributed by atoms with Crippen molar-refractivity contribution in [2.45, 2.75) is 51.6 Å². The van der Waals surface area contributed by atoms with Gasteiger partial charge in [0.2, 0.25) is 5.91 Å². The Balaban J connectivity index is 1.48. The predicted molar refractivity (Wildman–Crippen MR) is 135 cm³/mol. The van der Waals surface area contributed by atoms with E-state index in [4.69, 9.17) is 16.6 Å². The normalized spacial score (nSPS) is 20.7. The van der Waals surface area contributed by atoms with Crippen molar-refractivity contribution in [3.63, 3.8) is 0 Å². The lowest BCUT2D eigenvalue weighted by atomic mass is 10.0. The summed E-state index contributed by atoms with van der Waals surface area (Å²) in [5.41, 5.74) is 1.36. The summed E-state index contributed by atoms with van der Waals surface area (Å²) in [4.78, 5) is 36.0. The van der Waals surface area contributed by atoms with Crippen molar-refractivity contribution in [3.8, 4) is 5.69 Å². The summed E-state index contributed by atoms with van der Waals surface area (Å²) in [6.07, 6.45) is 4.38. The highest BCUT2D eigenvalue weighted by Crippen LogP contribution is 2.30. The van der Waals surface area contributed by atoms with Gasteiger partial charge in [-0.1, -0.05) is 36.6 Å². The summed E-state index contributed by atoms with van der Waals surface area (Å²) in [5, 5.41) is 1.21. The van der Waals surface area contributed by atoms with Gasteiger partial charge < -0.3 is 4.90 Å². The molecule has 1 aromatic heterocycles. The Kier molecular flexibility index (Phi) is 6.45. The molecule has 1 amide bonds. The Hall–Kier alpha value is -2.70. The van der Waals surface area contributed by atoms with Crippen LogP contribution in [-0.4, -0.2) is 50.9 Å². The maximum absolute atomic E-state index is 13.6. The van der Waals surface area contributed by atoms with Crippen LogP contribution in [0.3, 0.4) is 0 Å². The third kappa shape index (κ3) is 4.25. The quantitative estimate of drug-likeness (QED) is 0.539. The molecule has 34 heavy (non-hydrogen) atoms. The lowest BCUT2D eigenvalue weighted by molar-refractivity contribution is -0.140. The van der Waals surface area contributed by atoms with Gasteiger partial charge in [0.05, 0.1) is 22.6 Å². The number of para-hydroxylation sites is 1. The van der Waals surface area contributed by atoms with Crippen molar-refractivity contribution >= 4 is 28.4 Å². The monoisotopic (exact) mass is 478 g/mol. The smallest absolute Gasteiger partial charge is 0.266 e. The second-order valence-corrected chi connectivity index (χ2v) is 10.1. The number of hydrogen-bond donors (Lipinski definition) is 0. The second-order valence-electron chi connectivity index (χ2n) is 9.64. The molecule has 1 saturated heterocycles. The van der Waals surface area contributed by atoms with E-state index in [0.29, 0.717) is 34.2 Å². The van der Waals surface area contributed by atoms with Crippen LogP contribution in [0.15, 0.2) is 53.3 Å². The first-order chi connectivity index (χ1) is 16.4. The van der Waals surface area contributed by atoms with Crippen LogP contribution in [0.1, 0.15) is 51.4 Å². The average Bonchev–Trinajstić information content (AvgIpc) is 3.39. The molecule has 1 aliphatic carbocycles. The number of nitrogens with zero attached hydrogens (tertiary/aromatic N) is 4. The maximum atomic E-state index is 13.6. The van der Waals surface area contributed by atoms with Crippen LogP contribution in [-0.2, 0) is 4.79 Å². The van der Waals surface area contributed by atoms with Gasteiger partial charge in [0.1, 0.15) is 5.82 Å². The van der Waals surface area contributed by atoms with Crippen molar-refractivity contribution in [1.82, 2.24) is 19.4 Å². The van der Waals surface area contributed by atoms with Crippen molar-refractivity contribution in [2.24, 2.45) is 5.92 Å². The number of hydrogen-bond acceptors (Lipinski definition) is 4. The van der Waals surface area contributed by atoms with Gasteiger partial charge in [0.25, 0.3) is 5.56 Å². The van der Waals surface area contributed by atoms with Crippen LogP contribution in [0, 0.1) is 5.92 Å². The van der Waals surface area contributed by atoms with Crippen LogP contribution in [0.2, 0.25) is 5.02 Å². The first-order valence-electron chi connectivity index (χ1n) is 12.3. The van der Waals surface area contributed by atoms with Crippen molar-refractivity contribution < 1.29 is 4.79 Å². The zero-order valence-electron chi connectivity index (χ0n) is 19.8. The third-order valence-electron chi connectivity index (χ3n) is 7.45. The van der Waals surface area contributed by atoms with Gasteiger partial charge in [-0.3, -0.25) is 19.1 Å². The third-order valence-corrected chi connectivity index (χ3v) is 7.71. The number of halogens is 1. The lowest BCUT2D eigenvalue weighted by Gasteiger charge is -2.43. The van der Waals surface area contributed by atoms with Crippen LogP contribution < -0.4 is 5.56 Å². The van der Waals surface area contributed by atoms with E-state index in [9.17, 15) is 9.59 Å². The van der Waals surface area contributed by atoms with Crippen LogP contribution in [0.4, 0.5) is 0 Å². The lowest BCUT2D eigenvalue weighted by Crippen LogP contribution is -2.55. The Morgan fingerprint density at radius 3 is 2.47 bits per heavy atom. The van der Waals surface area contributed by atoms with E-state index in [1.54, 1.807) is 16.7 Å². The first-order valence-corrected chi connectivity index (χ1v) is 12.6. The highest BCUT2D eigenvalue weighted by molar-refractivity contribution is 6.30. The Morgan fingerprint density at radius 2 is 1.76 bits per heavy atom. The molecule has 1 saturated carbocycles. The molecule has 5 rings (SSSR count). The van der Waals surface area contributed by atoms with Crippen LogP contribution >= 0.6 is 11.6 Å². The number of rotatable bonds is 4. The van der Waals surface area contributed by atoms with E-state index in [1.165, 1.54) is 0 Å². The number of benzene rings is 2. The molecule has 0 spiro atoms. The number of amides is 1. The fourth-order valence-corrected chi connectivity index (χ4v) is 5.63. The van der Waals surface area contributed by atoms with Gasteiger partial charge in [-0.25, -0.2) is 4.98 Å². The molecular weight excluding hydrogens is 448 g/mol. The molecule has 2 unspecified atom stereocenters. The summed E-state index contributed by atoms with van der Waals surface area (Å²) in [7, 11) is 0. The molecule has 2 aliphatic rings. The van der Waals surface area contributed by atoms with E-state index in [0.717, 1.165) is 44.5 Å². The van der Waals surface area contributed by atoms with E-state index in [-0.39, 0.29) is 23.6 Å². The molecule has 3 aromatic rings. The molecule has 178 valence electrons. The number of aromatic nitrogens is 2. The summed E-state index contributed by atoms with van der Waals surface area (Å²) >= 11 is 6.12. The van der Waals surface area contributed by atoms with Crippen LogP contribution in [0.5, 0.6) is 0 Å². The molecule has 7 heteroatoms. The minimum absolute atomic E-state index is 0.0853. The molecule has 0 N–H and O–H groups in total. The maximum Gasteiger partial charge on any atom is 0.266 e. The van der Waals surface area contributed by atoms with Gasteiger partial charge in [0, 0.05) is 36.6 Å². The zero-order chi connectivity index (χ0) is 23.8. The molecule has 2 heterocycles. The van der Waals surface area contributed by atoms with Crippen molar-refractivity contribution in [1.29, 1.82) is 0 Å². The highest BCUT2D eigenvalue weighted by atomic mass is 35.5. The molecule has 0 bridgehead atoms. The van der Waals surface area contributed by atoms with Gasteiger partial charge in [0.15, 0.2) is 0 Å². The van der Waals surface area contributed by atoms with E-state index in [1.807, 2.05) is 36.4 Å². The Bertz CT molecular complexity index is 1250. The van der Waals surface area contributed by atoms with Gasteiger partial charge >= 0.3 is 0 Å². The topological polar surface area (TPSA) is 58.4 Å². The Morgan fingerprint density at radius 1 is 1.06 bits per heavy atom. The molecular formula is C27H31ClN4O2. The average molecular weight is 479 g/mol. The molecule has 0 radical (unpaired) electrons. The standard InChI is InChI=1S/C27H31ClN4O2/c1-18-17-30(15-16-31(18)26(33)20-7-3-4-8-20)19(2)25-29-24-10-6-5-9-23(24)27(34)32(25)22-13-11-21(28)12-14-22/h5-6,9-14,18-20H,3-4,7-8,15-17H2,1-2H3. The molecule has 2 fully saturated rings. The van der Waals surface area contributed by atoms with Crippen molar-refractivity contribution in [3.05, 3.63) is 69.7 Å². The minimum atomic E-state index is -0.0980. The minimum Gasteiger partial charge on any atom is -0.337 e. The first kappa shape index (κ1) is 23.1. The fourth-order valence-electron chi connectivity index (χ4n) is 5.51. The fraction of sp³-hybridized carbons (Fsp3) is 0.444. The van der Waals surface area contributed by atoms with E-state index in [2.05, 4.69) is 23.6 Å². The van der Waals surface area contributed by atoms with Gasteiger partial charge in [-0.15, -0.1) is 0 Å². The summed E-state index contributed by atoms with van der Waals surface area (Å²) in [6.45, 7) is 6.45. The number of fused-ring (bicyclic) bond motifs is 1. The second kappa shape index (κ2) is 9.51. The highest BCUT2D eigenvalue weighted by Gasteiger charge is 2.35. The SMILES string of the molecule is CC(c1nc2ccccc2c(=O)n1-c1ccc(Cl)cc1)N1CCN(C(=O)C2CCCC2)C(C)C1. The molecule has 2 aromatic carbocycles. The predicted octanol–water partition coefficient (Wildman–Crippen LogP) is 4.82. The summed E-state index contributed by atoms with van der Waals surface area (Å²) in [5.74, 6) is 1.22. The number of carbonyl (C=O) groups is 1. The molecule has 1 aliphatic heterocycles.